The zero-order valence-corrected chi connectivity index (χ0v) is 12.5. The molecule has 1 aromatic carbocycles. The van der Waals surface area contributed by atoms with E-state index in [1.54, 1.807) is 18.2 Å². The average molecular weight is 320 g/mol. The van der Waals surface area contributed by atoms with Crippen molar-refractivity contribution in [3.05, 3.63) is 66.4 Å². The molecule has 114 valence electrons. The third-order valence-corrected chi connectivity index (χ3v) is 3.88. The van der Waals surface area contributed by atoms with Crippen LogP contribution in [0.25, 0.3) is 16.5 Å². The van der Waals surface area contributed by atoms with Gasteiger partial charge >= 0.3 is 0 Å². The molecule has 0 saturated carbocycles. The maximum Gasteiger partial charge on any atom is 0.258 e. The smallest absolute Gasteiger partial charge is 0.258 e. The quantitative estimate of drug-likeness (QED) is 0.883. The molecule has 5 nitrogen and oxygen atoms in total. The number of rotatable bonds is 3. The van der Waals surface area contributed by atoms with E-state index in [2.05, 4.69) is 9.27 Å². The summed E-state index contributed by atoms with van der Waals surface area (Å²) >= 11 is 0. The second-order valence-electron chi connectivity index (χ2n) is 5.23. The van der Waals surface area contributed by atoms with E-state index < -0.39 is 15.8 Å². The third kappa shape index (κ3) is 3.30. The Labute approximate surface area is 129 Å². The molecular formula is C16H14ClNO4. The molecule has 0 saturated heterocycles. The summed E-state index contributed by atoms with van der Waals surface area (Å²) in [5.41, 5.74) is 1.19. The number of nitrogens with one attached hydrogen (secondary N) is 1. The molecule has 0 spiro atoms. The second kappa shape index (κ2) is 5.39. The van der Waals surface area contributed by atoms with Crippen LogP contribution in [0.5, 0.6) is 0 Å². The van der Waals surface area contributed by atoms with Crippen LogP contribution in [-0.4, -0.2) is 10.6 Å². The molecule has 0 aliphatic heterocycles. The standard InChI is InChI=1S/C16H14ClNO4/c1-16(22-17(19,20)21)9-5-4-7-13(11-16)15-10-12-6-2-3-8-14(12)18-15/h2-11,18H,1H3. The maximum atomic E-state index is 10.9. The van der Waals surface area contributed by atoms with Gasteiger partial charge in [0.05, 0.1) is 14.5 Å². The lowest BCUT2D eigenvalue weighted by Gasteiger charge is -2.21. The first-order chi connectivity index (χ1) is 10.3. The normalized spacial score (nSPS) is 21.9. The molecule has 1 unspecified atom stereocenters. The molecule has 0 fully saturated rings. The van der Waals surface area contributed by atoms with Gasteiger partial charge in [0.15, 0.2) is 0 Å². The molecule has 1 aromatic heterocycles. The molecule has 1 atom stereocenters. The molecule has 0 radical (unpaired) electrons. The first kappa shape index (κ1) is 15.0. The number of halogens is 1. The van der Waals surface area contributed by atoms with Gasteiger partial charge in [-0.2, -0.15) is 14.0 Å². The predicted octanol–water partition coefficient (Wildman–Crippen LogP) is 0.350. The number of para-hydroxylation sites is 1. The zero-order chi connectivity index (χ0) is 15.8. The zero-order valence-electron chi connectivity index (χ0n) is 11.8. The largest absolute Gasteiger partial charge is 0.355 e. The number of hydrogen-bond acceptors (Lipinski definition) is 4. The van der Waals surface area contributed by atoms with E-state index in [0.29, 0.717) is 0 Å². The van der Waals surface area contributed by atoms with E-state index in [0.717, 1.165) is 22.2 Å². The Morgan fingerprint density at radius 2 is 1.91 bits per heavy atom. The van der Waals surface area contributed by atoms with Crippen LogP contribution in [0.2, 0.25) is 0 Å². The molecule has 3 rings (SSSR count). The van der Waals surface area contributed by atoms with Gasteiger partial charge in [-0.15, -0.1) is 0 Å². The highest BCUT2D eigenvalue weighted by Gasteiger charge is 2.38. The fourth-order valence-electron chi connectivity index (χ4n) is 2.46. The summed E-state index contributed by atoms with van der Waals surface area (Å²) in [6.07, 6.45) is 8.35. The Bertz CT molecular complexity index is 752. The summed E-state index contributed by atoms with van der Waals surface area (Å²) in [5.74, 6) is 0. The first-order valence-electron chi connectivity index (χ1n) is 6.63. The van der Waals surface area contributed by atoms with Gasteiger partial charge in [-0.3, -0.25) is 0 Å². The van der Waals surface area contributed by atoms with Crippen molar-refractivity contribution in [1.82, 2.24) is 4.98 Å². The summed E-state index contributed by atoms with van der Waals surface area (Å²) in [7, 11) is -4.53. The number of allylic oxidation sites excluding steroid dienone is 4. The molecule has 22 heavy (non-hydrogen) atoms. The van der Waals surface area contributed by atoms with E-state index in [9.17, 15) is 14.0 Å². The van der Waals surface area contributed by atoms with Crippen molar-refractivity contribution in [3.63, 3.8) is 0 Å². The van der Waals surface area contributed by atoms with Gasteiger partial charge in [-0.1, -0.05) is 36.4 Å². The predicted molar refractivity (Wildman–Crippen MR) is 74.0 cm³/mol. The number of benzene rings is 1. The first-order valence-corrected chi connectivity index (χ1v) is 7.87. The Kier molecular flexibility index (Phi) is 3.68. The summed E-state index contributed by atoms with van der Waals surface area (Å²) in [5, 5.41) is 1.04. The van der Waals surface area contributed by atoms with Crippen LogP contribution in [0.15, 0.2) is 60.7 Å². The van der Waals surface area contributed by atoms with Gasteiger partial charge in [-0.25, -0.2) is 0 Å². The fourth-order valence-corrected chi connectivity index (χ4v) is 2.96. The summed E-state index contributed by atoms with van der Waals surface area (Å²) in [6.45, 7) is 1.52. The van der Waals surface area contributed by atoms with Gasteiger partial charge in [-0.05, 0) is 36.8 Å². The molecule has 2 aromatic rings. The topological polar surface area (TPSA) is 94.2 Å². The monoisotopic (exact) mass is 319 g/mol. The molecule has 0 amide bonds. The van der Waals surface area contributed by atoms with Gasteiger partial charge in [0.2, 0.25) is 0 Å². The minimum atomic E-state index is -4.53. The molecular weight excluding hydrogens is 306 g/mol. The molecule has 1 heterocycles. The van der Waals surface area contributed by atoms with Crippen LogP contribution in [-0.2, 0) is 4.29 Å². The molecule has 1 aliphatic rings. The van der Waals surface area contributed by atoms with Crippen LogP contribution in [0.1, 0.15) is 12.6 Å². The van der Waals surface area contributed by atoms with Gasteiger partial charge in [0.1, 0.15) is 0 Å². The molecule has 1 aliphatic carbocycles. The van der Waals surface area contributed by atoms with Crippen LogP contribution in [0.3, 0.4) is 0 Å². The molecule has 1 N–H and O–H groups in total. The third-order valence-electron chi connectivity index (χ3n) is 3.36. The Hall–Kier alpha value is -1.89. The van der Waals surface area contributed by atoms with Gasteiger partial charge < -0.3 is 4.98 Å². The van der Waals surface area contributed by atoms with Crippen molar-refractivity contribution < 1.29 is 28.5 Å². The minimum Gasteiger partial charge on any atom is -0.355 e. The Balaban J connectivity index is 2.02. The van der Waals surface area contributed by atoms with Crippen molar-refractivity contribution in [3.8, 4) is 0 Å². The number of aromatic amines is 1. The lowest BCUT2D eigenvalue weighted by Crippen LogP contribution is -2.63. The van der Waals surface area contributed by atoms with E-state index >= 15 is 0 Å². The Morgan fingerprint density at radius 1 is 1.14 bits per heavy atom. The fraction of sp³-hybridized carbons (Fsp3) is 0.125. The van der Waals surface area contributed by atoms with E-state index in [-0.39, 0.29) is 0 Å². The number of hydrogen-bond donors (Lipinski definition) is 1. The minimum absolute atomic E-state index is 0.738. The van der Waals surface area contributed by atoms with Crippen molar-refractivity contribution in [2.45, 2.75) is 12.5 Å². The highest BCUT2D eigenvalue weighted by Crippen LogP contribution is 2.29. The van der Waals surface area contributed by atoms with Gasteiger partial charge in [0, 0.05) is 16.6 Å². The highest BCUT2D eigenvalue weighted by atomic mass is 35.7. The molecule has 0 bridgehead atoms. The van der Waals surface area contributed by atoms with Crippen molar-refractivity contribution in [2.24, 2.45) is 0 Å². The SMILES string of the molecule is CC1(O[Cl+3]([O-])([O-])[O-])C=CC=CC(c2cc3ccccc3[nH]2)=C1. The lowest BCUT2D eigenvalue weighted by molar-refractivity contribution is -1.92. The summed E-state index contributed by atoms with van der Waals surface area (Å²) in [4.78, 5) is 3.26. The number of fused-ring (bicyclic) bond motifs is 1. The van der Waals surface area contributed by atoms with E-state index in [1.807, 2.05) is 36.4 Å². The van der Waals surface area contributed by atoms with E-state index in [1.165, 1.54) is 13.0 Å². The van der Waals surface area contributed by atoms with Crippen LogP contribution in [0.4, 0.5) is 0 Å². The van der Waals surface area contributed by atoms with E-state index in [4.69, 9.17) is 0 Å². The second-order valence-corrected chi connectivity index (χ2v) is 6.14. The summed E-state index contributed by atoms with van der Waals surface area (Å²) < 4.78 is 37.4. The average Bonchev–Trinajstić information content (AvgIpc) is 2.75. The lowest BCUT2D eigenvalue weighted by atomic mass is 10.0. The van der Waals surface area contributed by atoms with Crippen LogP contribution < -0.4 is 14.0 Å². The number of H-pyrrole nitrogens is 1. The highest BCUT2D eigenvalue weighted by molar-refractivity contribution is 5.87. The van der Waals surface area contributed by atoms with Crippen molar-refractivity contribution in [2.75, 3.05) is 0 Å². The van der Waals surface area contributed by atoms with Crippen molar-refractivity contribution in [1.29, 1.82) is 0 Å². The van der Waals surface area contributed by atoms with Gasteiger partial charge in [0.25, 0.3) is 5.60 Å². The number of aromatic nitrogens is 1. The molecule has 6 heteroatoms. The van der Waals surface area contributed by atoms with Crippen LogP contribution >= 0.6 is 0 Å². The maximum absolute atomic E-state index is 10.9. The Morgan fingerprint density at radius 3 is 2.64 bits per heavy atom. The van der Waals surface area contributed by atoms with Crippen molar-refractivity contribution >= 4 is 16.5 Å². The van der Waals surface area contributed by atoms with Crippen LogP contribution in [0, 0.1) is 10.2 Å². The summed E-state index contributed by atoms with van der Waals surface area (Å²) in [6, 6.07) is 9.76.